The molecule has 0 saturated heterocycles. The molecule has 124 valence electrons. The van der Waals surface area contributed by atoms with Crippen molar-refractivity contribution in [2.75, 3.05) is 18.8 Å². The highest BCUT2D eigenvalue weighted by molar-refractivity contribution is 7.99. The number of carbonyl (C=O) groups is 2. The van der Waals surface area contributed by atoms with Gasteiger partial charge in [0.25, 0.3) is 11.8 Å². The molecule has 0 aliphatic carbocycles. The van der Waals surface area contributed by atoms with Crippen LogP contribution in [0.4, 0.5) is 0 Å². The number of carbonyl (C=O) groups excluding carboxylic acids is 2. The summed E-state index contributed by atoms with van der Waals surface area (Å²) in [5.74, 6) is 0.877. The number of nitrogens with zero attached hydrogens (tertiary/aromatic N) is 1. The van der Waals surface area contributed by atoms with E-state index in [4.69, 9.17) is 0 Å². The molecule has 0 atom stereocenters. The Kier molecular flexibility index (Phi) is 5.20. The molecule has 1 heterocycles. The third-order valence-electron chi connectivity index (χ3n) is 3.99. The van der Waals surface area contributed by atoms with Gasteiger partial charge in [0.2, 0.25) is 0 Å². The fraction of sp³-hybridized carbons (Fsp3) is 0.263. The first-order valence-corrected chi connectivity index (χ1v) is 9.06. The molecule has 5 heteroatoms. The van der Waals surface area contributed by atoms with E-state index in [0.29, 0.717) is 25.2 Å². The first kappa shape index (κ1) is 16.6. The van der Waals surface area contributed by atoms with Crippen molar-refractivity contribution >= 4 is 23.6 Å². The van der Waals surface area contributed by atoms with Crippen molar-refractivity contribution in [2.45, 2.75) is 18.4 Å². The average Bonchev–Trinajstić information content (AvgIpc) is 2.92. The lowest BCUT2D eigenvalue weighted by Crippen LogP contribution is -2.35. The highest BCUT2D eigenvalue weighted by Crippen LogP contribution is 2.23. The monoisotopic (exact) mass is 340 g/mol. The normalized spacial score (nSPS) is 13.0. The van der Waals surface area contributed by atoms with Crippen molar-refractivity contribution in [1.82, 2.24) is 10.2 Å². The van der Waals surface area contributed by atoms with Crippen molar-refractivity contribution in [3.05, 3.63) is 65.2 Å². The van der Waals surface area contributed by atoms with Crippen LogP contribution in [0.1, 0.15) is 33.2 Å². The number of rotatable bonds is 6. The van der Waals surface area contributed by atoms with Crippen LogP contribution in [0.25, 0.3) is 0 Å². The average molecular weight is 340 g/mol. The van der Waals surface area contributed by atoms with Gasteiger partial charge < -0.3 is 10.2 Å². The fourth-order valence-corrected chi connectivity index (χ4v) is 3.63. The Bertz CT molecular complexity index is 761. The summed E-state index contributed by atoms with van der Waals surface area (Å²) < 4.78 is 0. The summed E-state index contributed by atoms with van der Waals surface area (Å²) in [6.45, 7) is 3.65. The lowest BCUT2D eigenvalue weighted by molar-refractivity contribution is 0.0770. The van der Waals surface area contributed by atoms with Gasteiger partial charge in [-0.15, -0.1) is 11.8 Å². The molecule has 1 aliphatic rings. The molecule has 0 bridgehead atoms. The minimum atomic E-state index is -0.0873. The Morgan fingerprint density at radius 2 is 1.92 bits per heavy atom. The minimum absolute atomic E-state index is 0.0433. The zero-order valence-corrected chi connectivity index (χ0v) is 14.4. The molecule has 2 aromatic rings. The van der Waals surface area contributed by atoms with Gasteiger partial charge in [-0.3, -0.25) is 9.59 Å². The minimum Gasteiger partial charge on any atom is -0.350 e. The number of fused-ring (bicyclic) bond motifs is 1. The standard InChI is InChI=1S/C19H20N2O2S/c1-2-24-17-10-6-5-9-16(17)18(22)20-11-12-21-13-14-7-3-4-8-15(14)19(21)23/h3-10H,2,11-13H2,1H3,(H,20,22). The van der Waals surface area contributed by atoms with Crippen molar-refractivity contribution in [3.8, 4) is 0 Å². The maximum atomic E-state index is 12.4. The predicted octanol–water partition coefficient (Wildman–Crippen LogP) is 3.18. The summed E-state index contributed by atoms with van der Waals surface area (Å²) in [6, 6.07) is 15.3. The summed E-state index contributed by atoms with van der Waals surface area (Å²) in [5.41, 5.74) is 2.52. The zero-order valence-electron chi connectivity index (χ0n) is 13.6. The van der Waals surface area contributed by atoms with Gasteiger partial charge in [0, 0.05) is 30.1 Å². The molecule has 0 unspecified atom stereocenters. The summed E-state index contributed by atoms with van der Waals surface area (Å²) in [5, 5.41) is 2.93. The first-order chi connectivity index (χ1) is 11.7. The number of benzene rings is 2. The number of hydrogen-bond acceptors (Lipinski definition) is 3. The summed E-state index contributed by atoms with van der Waals surface area (Å²) in [6.07, 6.45) is 0. The second kappa shape index (κ2) is 7.53. The Labute approximate surface area is 146 Å². The molecule has 0 radical (unpaired) electrons. The summed E-state index contributed by atoms with van der Waals surface area (Å²) >= 11 is 1.66. The van der Waals surface area contributed by atoms with Gasteiger partial charge in [-0.2, -0.15) is 0 Å². The van der Waals surface area contributed by atoms with Gasteiger partial charge in [0.1, 0.15) is 0 Å². The van der Waals surface area contributed by atoms with Crippen LogP contribution in [0.5, 0.6) is 0 Å². The lowest BCUT2D eigenvalue weighted by Gasteiger charge is -2.16. The number of amides is 2. The molecule has 2 amide bonds. The van der Waals surface area contributed by atoms with Crippen LogP contribution in [0.2, 0.25) is 0 Å². The highest BCUT2D eigenvalue weighted by atomic mass is 32.2. The Morgan fingerprint density at radius 1 is 1.17 bits per heavy atom. The largest absolute Gasteiger partial charge is 0.350 e. The molecule has 1 aliphatic heterocycles. The number of thioether (sulfide) groups is 1. The zero-order chi connectivity index (χ0) is 16.9. The first-order valence-electron chi connectivity index (χ1n) is 8.08. The Morgan fingerprint density at radius 3 is 2.71 bits per heavy atom. The Balaban J connectivity index is 1.56. The Hall–Kier alpha value is -2.27. The third-order valence-corrected chi connectivity index (χ3v) is 4.95. The van der Waals surface area contributed by atoms with Crippen LogP contribution in [-0.2, 0) is 6.54 Å². The van der Waals surface area contributed by atoms with Gasteiger partial charge in [0.05, 0.1) is 5.56 Å². The summed E-state index contributed by atoms with van der Waals surface area (Å²) in [4.78, 5) is 27.4. The quantitative estimate of drug-likeness (QED) is 0.822. The lowest BCUT2D eigenvalue weighted by atomic mass is 10.1. The predicted molar refractivity (Wildman–Crippen MR) is 96.4 cm³/mol. The molecule has 0 aromatic heterocycles. The van der Waals surface area contributed by atoms with Crippen molar-refractivity contribution in [1.29, 1.82) is 0 Å². The van der Waals surface area contributed by atoms with Crippen molar-refractivity contribution in [3.63, 3.8) is 0 Å². The SMILES string of the molecule is CCSc1ccccc1C(=O)NCCN1Cc2ccccc2C1=O. The van der Waals surface area contributed by atoms with E-state index in [9.17, 15) is 9.59 Å². The van der Waals surface area contributed by atoms with Gasteiger partial charge in [0.15, 0.2) is 0 Å². The number of nitrogens with one attached hydrogen (secondary N) is 1. The summed E-state index contributed by atoms with van der Waals surface area (Å²) in [7, 11) is 0. The van der Waals surface area contributed by atoms with Gasteiger partial charge in [-0.1, -0.05) is 37.3 Å². The second-order valence-electron chi connectivity index (χ2n) is 5.57. The van der Waals surface area contributed by atoms with Crippen LogP contribution in [-0.4, -0.2) is 35.6 Å². The van der Waals surface area contributed by atoms with Gasteiger partial charge in [-0.25, -0.2) is 0 Å². The van der Waals surface area contributed by atoms with Crippen LogP contribution in [0.3, 0.4) is 0 Å². The van der Waals surface area contributed by atoms with E-state index in [2.05, 4.69) is 12.2 Å². The molecular formula is C19H20N2O2S. The smallest absolute Gasteiger partial charge is 0.254 e. The van der Waals surface area contributed by atoms with Gasteiger partial charge >= 0.3 is 0 Å². The van der Waals surface area contributed by atoms with Crippen molar-refractivity contribution in [2.24, 2.45) is 0 Å². The highest BCUT2D eigenvalue weighted by Gasteiger charge is 2.26. The van der Waals surface area contributed by atoms with E-state index in [-0.39, 0.29) is 11.8 Å². The molecular weight excluding hydrogens is 320 g/mol. The molecule has 0 fully saturated rings. The van der Waals surface area contributed by atoms with Crippen LogP contribution >= 0.6 is 11.8 Å². The third kappa shape index (κ3) is 3.46. The molecule has 1 N–H and O–H groups in total. The van der Waals surface area contributed by atoms with Crippen LogP contribution in [0, 0.1) is 0 Å². The van der Waals surface area contributed by atoms with E-state index < -0.39 is 0 Å². The van der Waals surface area contributed by atoms with Crippen LogP contribution in [0.15, 0.2) is 53.4 Å². The van der Waals surface area contributed by atoms with Crippen molar-refractivity contribution < 1.29 is 9.59 Å². The number of hydrogen-bond donors (Lipinski definition) is 1. The van der Waals surface area contributed by atoms with Gasteiger partial charge in [-0.05, 0) is 29.5 Å². The van der Waals surface area contributed by atoms with Crippen LogP contribution < -0.4 is 5.32 Å². The molecule has 0 saturated carbocycles. The van der Waals surface area contributed by atoms with E-state index in [0.717, 1.165) is 21.8 Å². The van der Waals surface area contributed by atoms with E-state index in [1.807, 2.05) is 48.5 Å². The van der Waals surface area contributed by atoms with E-state index in [1.54, 1.807) is 16.7 Å². The molecule has 3 rings (SSSR count). The maximum absolute atomic E-state index is 12.4. The topological polar surface area (TPSA) is 49.4 Å². The fourth-order valence-electron chi connectivity index (χ4n) is 2.83. The molecule has 24 heavy (non-hydrogen) atoms. The van der Waals surface area contributed by atoms with E-state index >= 15 is 0 Å². The maximum Gasteiger partial charge on any atom is 0.254 e. The molecule has 0 spiro atoms. The van der Waals surface area contributed by atoms with E-state index in [1.165, 1.54) is 0 Å². The second-order valence-corrected chi connectivity index (χ2v) is 6.87. The molecule has 4 nitrogen and oxygen atoms in total. The molecule has 2 aromatic carbocycles.